The van der Waals surface area contributed by atoms with Crippen LogP contribution >= 0.6 is 0 Å². The summed E-state index contributed by atoms with van der Waals surface area (Å²) in [4.78, 5) is 5.43. The van der Waals surface area contributed by atoms with Crippen molar-refractivity contribution in [2.75, 3.05) is 32.8 Å². The van der Waals surface area contributed by atoms with Gasteiger partial charge in [0.25, 0.3) is 0 Å². The fraction of sp³-hybridized carbons (Fsp3) is 1.00. The Morgan fingerprint density at radius 2 is 2.06 bits per heavy atom. The van der Waals surface area contributed by atoms with Crippen LogP contribution in [0.15, 0.2) is 0 Å². The van der Waals surface area contributed by atoms with Crippen LogP contribution in [0.3, 0.4) is 0 Å². The summed E-state index contributed by atoms with van der Waals surface area (Å²) in [6.07, 6.45) is 4.57. The molecule has 0 spiro atoms. The first-order valence-corrected chi connectivity index (χ1v) is 7.33. The highest BCUT2D eigenvalue weighted by molar-refractivity contribution is 4.92. The molecule has 0 aromatic heterocycles. The summed E-state index contributed by atoms with van der Waals surface area (Å²) in [6.45, 7) is 10.8. The summed E-state index contributed by atoms with van der Waals surface area (Å²) < 4.78 is 5.69. The van der Waals surface area contributed by atoms with Gasteiger partial charge in [-0.1, -0.05) is 0 Å². The molecule has 3 aliphatic rings. The highest BCUT2D eigenvalue weighted by Gasteiger charge is 2.36. The second-order valence-electron chi connectivity index (χ2n) is 6.22. The van der Waals surface area contributed by atoms with Crippen LogP contribution < -0.4 is 0 Å². The fourth-order valence-corrected chi connectivity index (χ4v) is 3.82. The first-order valence-electron chi connectivity index (χ1n) is 7.33. The smallest absolute Gasteiger partial charge is 0.0588 e. The van der Waals surface area contributed by atoms with Gasteiger partial charge in [0, 0.05) is 38.3 Å². The van der Waals surface area contributed by atoms with Gasteiger partial charge in [-0.3, -0.25) is 9.80 Å². The molecule has 4 unspecified atom stereocenters. The quantitative estimate of drug-likeness (QED) is 0.726. The zero-order chi connectivity index (χ0) is 11.8. The molecule has 0 radical (unpaired) electrons. The van der Waals surface area contributed by atoms with E-state index in [0.717, 1.165) is 24.6 Å². The van der Waals surface area contributed by atoms with Gasteiger partial charge < -0.3 is 4.74 Å². The maximum Gasteiger partial charge on any atom is 0.0588 e. The summed E-state index contributed by atoms with van der Waals surface area (Å²) in [5, 5.41) is 0. The molecular formula is C14H26N2O. The normalized spacial score (nSPS) is 44.1. The molecule has 0 bridgehead atoms. The van der Waals surface area contributed by atoms with Gasteiger partial charge >= 0.3 is 0 Å². The van der Waals surface area contributed by atoms with E-state index in [1.54, 1.807) is 0 Å². The zero-order valence-corrected chi connectivity index (χ0v) is 11.3. The summed E-state index contributed by atoms with van der Waals surface area (Å²) in [6, 6.07) is 1.58. The minimum absolute atomic E-state index is 0.476. The predicted molar refractivity (Wildman–Crippen MR) is 69.2 cm³/mol. The summed E-state index contributed by atoms with van der Waals surface area (Å²) in [7, 11) is 0. The molecule has 3 fully saturated rings. The van der Waals surface area contributed by atoms with Crippen molar-refractivity contribution in [1.82, 2.24) is 9.80 Å². The number of hydrogen-bond acceptors (Lipinski definition) is 3. The second-order valence-corrected chi connectivity index (χ2v) is 6.22. The molecule has 3 aliphatic heterocycles. The SMILES string of the molecule is CC1OCCC1CN1CC2CCCN2CC1C. The molecule has 3 heteroatoms. The van der Waals surface area contributed by atoms with E-state index in [1.807, 2.05) is 0 Å². The molecule has 3 rings (SSSR count). The van der Waals surface area contributed by atoms with Crippen molar-refractivity contribution in [2.24, 2.45) is 5.92 Å². The Hall–Kier alpha value is -0.120. The Kier molecular flexibility index (Phi) is 3.42. The van der Waals surface area contributed by atoms with Crippen molar-refractivity contribution in [3.8, 4) is 0 Å². The number of hydrogen-bond donors (Lipinski definition) is 0. The maximum atomic E-state index is 5.69. The van der Waals surface area contributed by atoms with Crippen molar-refractivity contribution in [3.63, 3.8) is 0 Å². The Morgan fingerprint density at radius 1 is 1.18 bits per heavy atom. The Labute approximate surface area is 105 Å². The average molecular weight is 238 g/mol. The second kappa shape index (κ2) is 4.87. The van der Waals surface area contributed by atoms with Gasteiger partial charge in [-0.15, -0.1) is 0 Å². The number of piperazine rings is 1. The summed E-state index contributed by atoms with van der Waals surface area (Å²) in [5.74, 6) is 0.769. The van der Waals surface area contributed by atoms with E-state index < -0.39 is 0 Å². The molecule has 3 nitrogen and oxygen atoms in total. The van der Waals surface area contributed by atoms with Crippen molar-refractivity contribution >= 4 is 0 Å². The van der Waals surface area contributed by atoms with Crippen molar-refractivity contribution in [1.29, 1.82) is 0 Å². The Bertz CT molecular complexity index is 271. The van der Waals surface area contributed by atoms with Crippen LogP contribution in [0.25, 0.3) is 0 Å². The summed E-state index contributed by atoms with van der Waals surface area (Å²) in [5.41, 5.74) is 0. The third kappa shape index (κ3) is 2.38. The first-order chi connectivity index (χ1) is 8.24. The first kappa shape index (κ1) is 11.9. The van der Waals surface area contributed by atoms with Crippen molar-refractivity contribution < 1.29 is 4.74 Å². The van der Waals surface area contributed by atoms with Gasteiger partial charge in [-0.05, 0) is 45.6 Å². The fourth-order valence-electron chi connectivity index (χ4n) is 3.82. The minimum atomic E-state index is 0.476. The molecule has 3 saturated heterocycles. The molecule has 0 aromatic carbocycles. The lowest BCUT2D eigenvalue weighted by Gasteiger charge is -2.43. The van der Waals surface area contributed by atoms with E-state index >= 15 is 0 Å². The predicted octanol–water partition coefficient (Wildman–Crippen LogP) is 1.58. The molecule has 0 aliphatic carbocycles. The highest BCUT2D eigenvalue weighted by Crippen LogP contribution is 2.28. The summed E-state index contributed by atoms with van der Waals surface area (Å²) >= 11 is 0. The molecule has 98 valence electrons. The van der Waals surface area contributed by atoms with Gasteiger partial charge in [-0.2, -0.15) is 0 Å². The number of nitrogens with zero attached hydrogens (tertiary/aromatic N) is 2. The Morgan fingerprint density at radius 3 is 2.82 bits per heavy atom. The van der Waals surface area contributed by atoms with Gasteiger partial charge in [0.1, 0.15) is 0 Å². The van der Waals surface area contributed by atoms with Crippen LogP contribution in [0, 0.1) is 5.92 Å². The van der Waals surface area contributed by atoms with Crippen LogP contribution in [0.5, 0.6) is 0 Å². The molecule has 0 N–H and O–H groups in total. The van der Waals surface area contributed by atoms with Crippen LogP contribution in [-0.4, -0.2) is 60.8 Å². The monoisotopic (exact) mass is 238 g/mol. The molecule has 0 aromatic rings. The molecule has 17 heavy (non-hydrogen) atoms. The lowest BCUT2D eigenvalue weighted by Crippen LogP contribution is -2.56. The van der Waals surface area contributed by atoms with Gasteiger partial charge in [0.2, 0.25) is 0 Å². The molecule has 0 amide bonds. The van der Waals surface area contributed by atoms with Gasteiger partial charge in [0.05, 0.1) is 6.10 Å². The third-order valence-corrected chi connectivity index (χ3v) is 5.07. The van der Waals surface area contributed by atoms with E-state index in [4.69, 9.17) is 4.74 Å². The van der Waals surface area contributed by atoms with E-state index in [-0.39, 0.29) is 0 Å². The van der Waals surface area contributed by atoms with E-state index in [1.165, 1.54) is 45.4 Å². The van der Waals surface area contributed by atoms with Crippen molar-refractivity contribution in [3.05, 3.63) is 0 Å². The van der Waals surface area contributed by atoms with E-state index in [2.05, 4.69) is 23.6 Å². The number of fused-ring (bicyclic) bond motifs is 1. The van der Waals surface area contributed by atoms with Crippen molar-refractivity contribution in [2.45, 2.75) is 51.3 Å². The highest BCUT2D eigenvalue weighted by atomic mass is 16.5. The third-order valence-electron chi connectivity index (χ3n) is 5.07. The van der Waals surface area contributed by atoms with Crippen LogP contribution in [-0.2, 0) is 4.74 Å². The van der Waals surface area contributed by atoms with Crippen LogP contribution in [0.2, 0.25) is 0 Å². The minimum Gasteiger partial charge on any atom is -0.378 e. The lowest BCUT2D eigenvalue weighted by atomic mass is 9.99. The lowest BCUT2D eigenvalue weighted by molar-refractivity contribution is 0.0335. The maximum absolute atomic E-state index is 5.69. The number of rotatable bonds is 2. The van der Waals surface area contributed by atoms with Gasteiger partial charge in [-0.25, -0.2) is 0 Å². The van der Waals surface area contributed by atoms with Gasteiger partial charge in [0.15, 0.2) is 0 Å². The molecular weight excluding hydrogens is 212 g/mol. The van der Waals surface area contributed by atoms with Crippen LogP contribution in [0.1, 0.15) is 33.1 Å². The molecule has 3 heterocycles. The topological polar surface area (TPSA) is 15.7 Å². The van der Waals surface area contributed by atoms with E-state index in [0.29, 0.717) is 6.10 Å². The number of ether oxygens (including phenoxy) is 1. The van der Waals surface area contributed by atoms with E-state index in [9.17, 15) is 0 Å². The largest absolute Gasteiger partial charge is 0.378 e. The molecule has 4 atom stereocenters. The van der Waals surface area contributed by atoms with Crippen LogP contribution in [0.4, 0.5) is 0 Å². The Balaban J connectivity index is 1.59. The standard InChI is InChI=1S/C14H26N2O/c1-11-8-15-6-3-4-14(15)10-16(11)9-13-5-7-17-12(13)2/h11-14H,3-10H2,1-2H3. The molecule has 0 saturated carbocycles. The average Bonchev–Trinajstić information content (AvgIpc) is 2.89. The zero-order valence-electron chi connectivity index (χ0n) is 11.3.